The molecule has 1 heteroatoms. The lowest BCUT2D eigenvalue weighted by Gasteiger charge is -2.08. The second-order valence-electron chi connectivity index (χ2n) is 2.77. The molecule has 0 saturated heterocycles. The molecular weight excluding hydrogens is 176 g/mol. The van der Waals surface area contributed by atoms with E-state index in [1.807, 2.05) is 17.6 Å². The van der Waals surface area contributed by atoms with E-state index in [4.69, 9.17) is 0 Å². The van der Waals surface area contributed by atoms with Crippen molar-refractivity contribution in [2.24, 2.45) is 0 Å². The normalized spacial score (nSPS) is 12.0. The van der Waals surface area contributed by atoms with Gasteiger partial charge in [0.05, 0.1) is 0 Å². The van der Waals surface area contributed by atoms with Gasteiger partial charge in [0.25, 0.3) is 0 Å². The van der Waals surface area contributed by atoms with Gasteiger partial charge in [-0.3, -0.25) is 0 Å². The first-order valence-electron chi connectivity index (χ1n) is 4.29. The summed E-state index contributed by atoms with van der Waals surface area (Å²) in [6.45, 7) is 7.51. The van der Waals surface area contributed by atoms with Crippen LogP contribution in [0.4, 0.5) is 0 Å². The minimum Gasteiger partial charge on any atom is -0.127 e. The predicted octanol–water partition coefficient (Wildman–Crippen LogP) is 3.66. The third-order valence-corrected chi connectivity index (χ3v) is 2.71. The highest BCUT2D eigenvalue weighted by molar-refractivity contribution is 8.02. The van der Waals surface area contributed by atoms with Crippen molar-refractivity contribution < 1.29 is 0 Å². The smallest absolute Gasteiger partial charge is 0.0306 e. The van der Waals surface area contributed by atoms with Crippen LogP contribution in [-0.4, -0.2) is 5.25 Å². The number of hydrogen-bond donors (Lipinski definition) is 0. The quantitative estimate of drug-likeness (QED) is 0.638. The van der Waals surface area contributed by atoms with Crippen LogP contribution < -0.4 is 0 Å². The van der Waals surface area contributed by atoms with E-state index in [0.29, 0.717) is 5.25 Å². The number of rotatable bonds is 5. The standard InChI is InChI=1S/C12H14S/c1-3-12(13-4-2)10-11-8-6-5-7-9-11/h3-9,12H,1-2,10H2. The van der Waals surface area contributed by atoms with Gasteiger partial charge >= 0.3 is 0 Å². The number of benzene rings is 1. The topological polar surface area (TPSA) is 0 Å². The summed E-state index contributed by atoms with van der Waals surface area (Å²) in [7, 11) is 0. The van der Waals surface area contributed by atoms with Gasteiger partial charge in [0.15, 0.2) is 0 Å². The van der Waals surface area contributed by atoms with Gasteiger partial charge in [-0.2, -0.15) is 0 Å². The van der Waals surface area contributed by atoms with Crippen LogP contribution in [0, 0.1) is 0 Å². The summed E-state index contributed by atoms with van der Waals surface area (Å²) >= 11 is 1.72. The molecule has 1 atom stereocenters. The van der Waals surface area contributed by atoms with Crippen molar-refractivity contribution in [1.29, 1.82) is 0 Å². The first-order valence-corrected chi connectivity index (χ1v) is 5.24. The van der Waals surface area contributed by atoms with E-state index in [1.54, 1.807) is 11.8 Å². The lowest BCUT2D eigenvalue weighted by atomic mass is 10.1. The van der Waals surface area contributed by atoms with Crippen LogP contribution in [-0.2, 0) is 6.42 Å². The highest BCUT2D eigenvalue weighted by Crippen LogP contribution is 2.17. The molecule has 0 aliphatic rings. The van der Waals surface area contributed by atoms with E-state index in [9.17, 15) is 0 Å². The highest BCUT2D eigenvalue weighted by atomic mass is 32.2. The lowest BCUT2D eigenvalue weighted by Crippen LogP contribution is -2.01. The maximum Gasteiger partial charge on any atom is 0.0306 e. The van der Waals surface area contributed by atoms with Gasteiger partial charge in [-0.25, -0.2) is 0 Å². The Bertz CT molecular complexity index is 264. The fourth-order valence-corrected chi connectivity index (χ4v) is 1.80. The maximum absolute atomic E-state index is 3.81. The van der Waals surface area contributed by atoms with Crippen LogP contribution in [0.5, 0.6) is 0 Å². The van der Waals surface area contributed by atoms with E-state index in [1.165, 1.54) is 5.56 Å². The third-order valence-electron chi connectivity index (χ3n) is 1.81. The van der Waals surface area contributed by atoms with Gasteiger partial charge < -0.3 is 0 Å². The summed E-state index contributed by atoms with van der Waals surface area (Å²) in [6.07, 6.45) is 3.00. The van der Waals surface area contributed by atoms with Crippen molar-refractivity contribution >= 4 is 11.8 Å². The van der Waals surface area contributed by atoms with Gasteiger partial charge in [-0.15, -0.1) is 18.3 Å². The average Bonchev–Trinajstić information content (AvgIpc) is 2.19. The first-order chi connectivity index (χ1) is 6.36. The first kappa shape index (κ1) is 10.1. The lowest BCUT2D eigenvalue weighted by molar-refractivity contribution is 1.03. The molecule has 0 amide bonds. The third kappa shape index (κ3) is 3.51. The molecule has 0 heterocycles. The zero-order chi connectivity index (χ0) is 9.52. The summed E-state index contributed by atoms with van der Waals surface area (Å²) in [5.41, 5.74) is 1.35. The molecule has 0 bridgehead atoms. The molecule has 13 heavy (non-hydrogen) atoms. The molecule has 68 valence electrons. The van der Waals surface area contributed by atoms with Gasteiger partial charge in [-0.1, -0.05) is 43.0 Å². The Labute approximate surface area is 84.4 Å². The predicted molar refractivity (Wildman–Crippen MR) is 61.9 cm³/mol. The summed E-state index contributed by atoms with van der Waals surface area (Å²) in [6, 6.07) is 10.4. The highest BCUT2D eigenvalue weighted by Gasteiger charge is 2.02. The van der Waals surface area contributed by atoms with E-state index in [0.717, 1.165) is 6.42 Å². The molecule has 0 aliphatic carbocycles. The molecule has 0 fully saturated rings. The van der Waals surface area contributed by atoms with Gasteiger partial charge in [0, 0.05) is 5.25 Å². The molecule has 0 aromatic heterocycles. The van der Waals surface area contributed by atoms with Crippen molar-refractivity contribution in [3.05, 3.63) is 60.5 Å². The molecule has 0 N–H and O–H groups in total. The van der Waals surface area contributed by atoms with Crippen LogP contribution in [0.25, 0.3) is 0 Å². The van der Waals surface area contributed by atoms with Gasteiger partial charge in [-0.05, 0) is 17.4 Å². The summed E-state index contributed by atoms with van der Waals surface area (Å²) in [5.74, 6) is 0. The van der Waals surface area contributed by atoms with E-state index >= 15 is 0 Å². The Kier molecular flexibility index (Phi) is 4.41. The largest absolute Gasteiger partial charge is 0.127 e. The van der Waals surface area contributed by atoms with E-state index in [-0.39, 0.29) is 0 Å². The van der Waals surface area contributed by atoms with Gasteiger partial charge in [0.1, 0.15) is 0 Å². The Morgan fingerprint density at radius 3 is 2.46 bits per heavy atom. The van der Waals surface area contributed by atoms with E-state index < -0.39 is 0 Å². The van der Waals surface area contributed by atoms with Crippen molar-refractivity contribution in [2.45, 2.75) is 11.7 Å². The van der Waals surface area contributed by atoms with Crippen molar-refractivity contribution in [2.75, 3.05) is 0 Å². The van der Waals surface area contributed by atoms with Crippen molar-refractivity contribution in [1.82, 2.24) is 0 Å². The number of hydrogen-bond acceptors (Lipinski definition) is 1. The average molecular weight is 190 g/mol. The van der Waals surface area contributed by atoms with Crippen LogP contribution in [0.2, 0.25) is 0 Å². The van der Waals surface area contributed by atoms with Gasteiger partial charge in [0.2, 0.25) is 0 Å². The molecule has 1 aromatic carbocycles. The summed E-state index contributed by atoms with van der Waals surface area (Å²) in [4.78, 5) is 0. The zero-order valence-corrected chi connectivity index (χ0v) is 8.46. The van der Waals surface area contributed by atoms with Crippen LogP contribution >= 0.6 is 11.8 Å². The van der Waals surface area contributed by atoms with Crippen LogP contribution in [0.1, 0.15) is 5.56 Å². The summed E-state index contributed by atoms with van der Waals surface area (Å²) in [5, 5.41) is 2.31. The van der Waals surface area contributed by atoms with Crippen molar-refractivity contribution in [3.63, 3.8) is 0 Å². The van der Waals surface area contributed by atoms with E-state index in [2.05, 4.69) is 37.4 Å². The fourth-order valence-electron chi connectivity index (χ4n) is 1.16. The molecular formula is C12H14S. The fraction of sp³-hybridized carbons (Fsp3) is 0.167. The molecule has 0 aliphatic heterocycles. The SMILES string of the molecule is C=CSC(C=C)Cc1ccccc1. The molecule has 0 saturated carbocycles. The minimum absolute atomic E-state index is 0.444. The zero-order valence-electron chi connectivity index (χ0n) is 7.65. The Hall–Kier alpha value is -0.950. The minimum atomic E-state index is 0.444. The Morgan fingerprint density at radius 2 is 1.92 bits per heavy atom. The molecule has 0 nitrogen and oxygen atoms in total. The Morgan fingerprint density at radius 1 is 1.23 bits per heavy atom. The van der Waals surface area contributed by atoms with Crippen LogP contribution in [0.3, 0.4) is 0 Å². The molecule has 1 rings (SSSR count). The Balaban J connectivity index is 2.56. The maximum atomic E-state index is 3.81. The molecule has 0 spiro atoms. The second kappa shape index (κ2) is 5.65. The monoisotopic (exact) mass is 190 g/mol. The van der Waals surface area contributed by atoms with Crippen molar-refractivity contribution in [3.8, 4) is 0 Å². The number of thioether (sulfide) groups is 1. The summed E-state index contributed by atoms with van der Waals surface area (Å²) < 4.78 is 0. The van der Waals surface area contributed by atoms with Crippen LogP contribution in [0.15, 0.2) is 55.0 Å². The second-order valence-corrected chi connectivity index (χ2v) is 3.98. The molecule has 1 aromatic rings. The molecule has 0 radical (unpaired) electrons. The molecule has 1 unspecified atom stereocenters.